The summed E-state index contributed by atoms with van der Waals surface area (Å²) in [6.45, 7) is 1.85. The molecule has 25 heavy (non-hydrogen) atoms. The summed E-state index contributed by atoms with van der Waals surface area (Å²) in [6, 6.07) is 21.2. The smallest absolute Gasteiger partial charge is 0.270 e. The van der Waals surface area contributed by atoms with E-state index in [9.17, 15) is 4.57 Å². The van der Waals surface area contributed by atoms with E-state index in [0.29, 0.717) is 0 Å². The molecule has 132 valence electrons. The van der Waals surface area contributed by atoms with Crippen LogP contribution in [0.3, 0.4) is 0 Å². The van der Waals surface area contributed by atoms with Gasteiger partial charge in [-0.25, -0.2) is 14.0 Å². The van der Waals surface area contributed by atoms with E-state index in [1.165, 1.54) is 11.1 Å². The minimum Gasteiger partial charge on any atom is -0.270 e. The Morgan fingerprint density at radius 1 is 0.760 bits per heavy atom. The molecule has 2 aromatic carbocycles. The Kier molecular flexibility index (Phi) is 4.55. The van der Waals surface area contributed by atoms with E-state index in [-0.39, 0.29) is 12.1 Å². The molecule has 2 atom stereocenters. The predicted octanol–water partition coefficient (Wildman–Crippen LogP) is 4.55. The Labute approximate surface area is 150 Å². The van der Waals surface area contributed by atoms with Crippen LogP contribution < -0.4 is 0 Å². The zero-order chi connectivity index (χ0) is 17.4. The van der Waals surface area contributed by atoms with Crippen molar-refractivity contribution in [2.24, 2.45) is 0 Å². The molecule has 2 saturated heterocycles. The van der Waals surface area contributed by atoms with E-state index < -0.39 is 7.59 Å². The van der Waals surface area contributed by atoms with Crippen LogP contribution in [0.4, 0.5) is 0 Å². The van der Waals surface area contributed by atoms with Crippen LogP contribution in [0.5, 0.6) is 0 Å². The molecule has 0 aromatic heterocycles. The molecule has 0 N–H and O–H groups in total. The van der Waals surface area contributed by atoms with Crippen LogP contribution in [-0.4, -0.2) is 41.2 Å². The van der Waals surface area contributed by atoms with Crippen LogP contribution in [0, 0.1) is 0 Å². The van der Waals surface area contributed by atoms with Gasteiger partial charge >= 0.3 is 0 Å². The second-order valence-corrected chi connectivity index (χ2v) is 9.89. The van der Waals surface area contributed by atoms with Crippen LogP contribution in [-0.2, 0) is 4.57 Å². The average molecular weight is 355 g/mol. The van der Waals surface area contributed by atoms with Crippen molar-refractivity contribution < 1.29 is 4.57 Å². The first-order valence-electron chi connectivity index (χ1n) is 9.06. The lowest BCUT2D eigenvalue weighted by molar-refractivity contribution is 0.316. The number of rotatable bonds is 3. The van der Waals surface area contributed by atoms with Crippen molar-refractivity contribution in [2.45, 2.75) is 24.9 Å². The van der Waals surface area contributed by atoms with Gasteiger partial charge in [0.15, 0.2) is 0 Å². The second-order valence-electron chi connectivity index (χ2n) is 7.03. The molecule has 2 aliphatic rings. The SMILES string of the molecule is CN1[C@@H](c2ccccc2)[C@H](c2ccccc2)N(C)P1(=O)N1CCCC1. The Balaban J connectivity index is 1.83. The molecule has 0 saturated carbocycles. The molecule has 0 amide bonds. The average Bonchev–Trinajstić information content (AvgIpc) is 3.26. The lowest BCUT2D eigenvalue weighted by Gasteiger charge is -2.34. The molecule has 0 bridgehead atoms. The lowest BCUT2D eigenvalue weighted by Crippen LogP contribution is -2.29. The molecule has 2 aliphatic heterocycles. The van der Waals surface area contributed by atoms with Gasteiger partial charge in [0.25, 0.3) is 7.59 Å². The van der Waals surface area contributed by atoms with E-state index in [1.807, 2.05) is 26.2 Å². The van der Waals surface area contributed by atoms with Crippen molar-refractivity contribution in [2.75, 3.05) is 27.2 Å². The van der Waals surface area contributed by atoms with Crippen molar-refractivity contribution in [3.63, 3.8) is 0 Å². The van der Waals surface area contributed by atoms with E-state index in [4.69, 9.17) is 0 Å². The summed E-state index contributed by atoms with van der Waals surface area (Å²) in [5.74, 6) is 0. The first-order chi connectivity index (χ1) is 12.1. The van der Waals surface area contributed by atoms with Crippen LogP contribution in [0.15, 0.2) is 60.7 Å². The number of hydrogen-bond acceptors (Lipinski definition) is 1. The summed E-state index contributed by atoms with van der Waals surface area (Å²) >= 11 is 0. The summed E-state index contributed by atoms with van der Waals surface area (Å²) < 4.78 is 20.7. The minimum atomic E-state index is -2.74. The van der Waals surface area contributed by atoms with Gasteiger partial charge in [-0.3, -0.25) is 4.57 Å². The summed E-state index contributed by atoms with van der Waals surface area (Å²) in [5, 5.41) is 0. The minimum absolute atomic E-state index is 0.0834. The molecule has 2 heterocycles. The Morgan fingerprint density at radius 3 is 1.56 bits per heavy atom. The maximum Gasteiger partial charge on any atom is 0.287 e. The summed E-state index contributed by atoms with van der Waals surface area (Å²) in [5.41, 5.74) is 2.45. The fourth-order valence-corrected chi connectivity index (χ4v) is 7.63. The van der Waals surface area contributed by atoms with E-state index in [0.717, 1.165) is 25.9 Å². The molecule has 4 rings (SSSR count). The first kappa shape index (κ1) is 17.0. The molecular formula is C20H26N3OP. The van der Waals surface area contributed by atoms with E-state index in [1.54, 1.807) is 0 Å². The third-order valence-electron chi connectivity index (χ3n) is 5.66. The molecule has 2 fully saturated rings. The van der Waals surface area contributed by atoms with Gasteiger partial charge in [0.1, 0.15) is 0 Å². The number of hydrogen-bond donors (Lipinski definition) is 0. The second kappa shape index (κ2) is 6.69. The number of likely N-dealkylation sites (N-methyl/N-ethyl adjacent to an activating group) is 2. The van der Waals surface area contributed by atoms with E-state index >= 15 is 0 Å². The topological polar surface area (TPSA) is 26.8 Å². The Bertz CT molecular complexity index is 706. The number of benzene rings is 2. The summed E-state index contributed by atoms with van der Waals surface area (Å²) in [4.78, 5) is 0. The van der Waals surface area contributed by atoms with Gasteiger partial charge in [0.05, 0.1) is 12.1 Å². The van der Waals surface area contributed by atoms with Crippen LogP contribution >= 0.6 is 7.59 Å². The molecule has 0 unspecified atom stereocenters. The summed E-state index contributed by atoms with van der Waals surface area (Å²) in [6.07, 6.45) is 2.27. The Hall–Kier alpha value is -1.45. The van der Waals surface area contributed by atoms with Gasteiger partial charge in [-0.05, 0) is 38.1 Å². The van der Waals surface area contributed by atoms with Crippen LogP contribution in [0.1, 0.15) is 36.1 Å². The summed E-state index contributed by atoms with van der Waals surface area (Å²) in [7, 11) is 1.33. The van der Waals surface area contributed by atoms with Gasteiger partial charge in [0, 0.05) is 13.1 Å². The maximum absolute atomic E-state index is 14.2. The standard InChI is InChI=1S/C20H26N3OP/c1-21-19(17-11-5-3-6-12-17)20(18-13-7-4-8-14-18)22(2)25(21,24)23-15-9-10-16-23/h3-8,11-14,19-20H,9-10,15-16H2,1-2H3/t19-,20-/m0/s1. The van der Waals surface area contributed by atoms with Gasteiger partial charge in [0.2, 0.25) is 0 Å². The fourth-order valence-electron chi connectivity index (χ4n) is 4.41. The van der Waals surface area contributed by atoms with Gasteiger partial charge in [-0.1, -0.05) is 60.7 Å². The molecule has 0 spiro atoms. The van der Waals surface area contributed by atoms with Gasteiger partial charge in [-0.2, -0.15) is 0 Å². The van der Waals surface area contributed by atoms with E-state index in [2.05, 4.69) is 62.5 Å². The van der Waals surface area contributed by atoms with Crippen molar-refractivity contribution in [3.8, 4) is 0 Å². The molecule has 5 heteroatoms. The lowest BCUT2D eigenvalue weighted by atomic mass is 9.93. The molecular weight excluding hydrogens is 329 g/mol. The van der Waals surface area contributed by atoms with Crippen LogP contribution in [0.2, 0.25) is 0 Å². The van der Waals surface area contributed by atoms with Gasteiger partial charge < -0.3 is 0 Å². The molecule has 0 radical (unpaired) electrons. The van der Waals surface area contributed by atoms with Crippen molar-refractivity contribution in [1.82, 2.24) is 14.0 Å². The highest BCUT2D eigenvalue weighted by Gasteiger charge is 2.55. The molecule has 2 aromatic rings. The molecule has 0 aliphatic carbocycles. The molecule has 4 nitrogen and oxygen atoms in total. The largest absolute Gasteiger partial charge is 0.287 e. The monoisotopic (exact) mass is 355 g/mol. The third-order valence-corrected chi connectivity index (χ3v) is 8.94. The highest BCUT2D eigenvalue weighted by Crippen LogP contribution is 2.70. The quantitative estimate of drug-likeness (QED) is 0.755. The first-order valence-corrected chi connectivity index (χ1v) is 10.6. The number of nitrogens with zero attached hydrogens (tertiary/aromatic N) is 3. The predicted molar refractivity (Wildman–Crippen MR) is 102 cm³/mol. The van der Waals surface area contributed by atoms with Gasteiger partial charge in [-0.15, -0.1) is 0 Å². The Morgan fingerprint density at radius 2 is 1.16 bits per heavy atom. The zero-order valence-electron chi connectivity index (χ0n) is 15.0. The zero-order valence-corrected chi connectivity index (χ0v) is 15.8. The normalized spacial score (nSPS) is 27.8. The highest BCUT2D eigenvalue weighted by atomic mass is 31.2. The van der Waals surface area contributed by atoms with Crippen molar-refractivity contribution in [3.05, 3.63) is 71.8 Å². The maximum atomic E-state index is 14.2. The third kappa shape index (κ3) is 2.69. The highest BCUT2D eigenvalue weighted by molar-refractivity contribution is 7.56. The van der Waals surface area contributed by atoms with Crippen molar-refractivity contribution >= 4 is 7.59 Å². The van der Waals surface area contributed by atoms with Crippen molar-refractivity contribution in [1.29, 1.82) is 0 Å². The fraction of sp³-hybridized carbons (Fsp3) is 0.400. The van der Waals surface area contributed by atoms with Crippen LogP contribution in [0.25, 0.3) is 0 Å².